The van der Waals surface area contributed by atoms with E-state index in [-0.39, 0.29) is 12.5 Å². The van der Waals surface area contributed by atoms with Gasteiger partial charge in [0.25, 0.3) is 0 Å². The van der Waals surface area contributed by atoms with E-state index < -0.39 is 0 Å². The molecule has 0 N–H and O–H groups in total. The Morgan fingerprint density at radius 2 is 1.74 bits per heavy atom. The molecule has 7 heteroatoms. The molecular formula is C24H34N4O2S. The number of nitrogens with zero attached hydrogens (tertiary/aromatic N) is 4. The lowest BCUT2D eigenvalue weighted by atomic mass is 9.88. The molecule has 2 aromatic rings. The van der Waals surface area contributed by atoms with Gasteiger partial charge >= 0.3 is 0 Å². The van der Waals surface area contributed by atoms with Crippen LogP contribution in [0, 0.1) is 0 Å². The number of ether oxygens (including phenoxy) is 1. The van der Waals surface area contributed by atoms with Crippen molar-refractivity contribution in [2.75, 3.05) is 44.8 Å². The Labute approximate surface area is 189 Å². The maximum atomic E-state index is 12.3. The lowest BCUT2D eigenvalue weighted by Crippen LogP contribution is -2.50. The molecule has 2 fully saturated rings. The average Bonchev–Trinajstić information content (AvgIpc) is 3.00. The van der Waals surface area contributed by atoms with E-state index >= 15 is 0 Å². The molecule has 0 radical (unpaired) electrons. The highest BCUT2D eigenvalue weighted by Gasteiger charge is 2.29. The second kappa shape index (κ2) is 9.41. The van der Waals surface area contributed by atoms with Crippen LogP contribution in [0.25, 0.3) is 10.2 Å². The number of anilines is 1. The SMILES string of the molecule is COCC(=O)N1CCN(c2nc(C3CCCCC3)nc3sc4c(c23)CCCCC4)CC1. The summed E-state index contributed by atoms with van der Waals surface area (Å²) < 4.78 is 5.05. The van der Waals surface area contributed by atoms with Crippen LogP contribution in [0.15, 0.2) is 0 Å². The van der Waals surface area contributed by atoms with Crippen LogP contribution in [-0.2, 0) is 22.4 Å². The Hall–Kier alpha value is -1.73. The number of rotatable bonds is 4. The molecule has 5 rings (SSSR count). The van der Waals surface area contributed by atoms with Crippen LogP contribution in [0.3, 0.4) is 0 Å². The molecule has 0 atom stereocenters. The first-order valence-electron chi connectivity index (χ1n) is 12.1. The van der Waals surface area contributed by atoms with Gasteiger partial charge in [0.2, 0.25) is 5.91 Å². The normalized spacial score (nSPS) is 20.7. The minimum absolute atomic E-state index is 0.0854. The number of piperazine rings is 1. The Morgan fingerprint density at radius 1 is 1.00 bits per heavy atom. The van der Waals surface area contributed by atoms with Crippen molar-refractivity contribution in [2.45, 2.75) is 70.1 Å². The smallest absolute Gasteiger partial charge is 0.248 e. The van der Waals surface area contributed by atoms with E-state index in [1.165, 1.54) is 78.4 Å². The average molecular weight is 443 g/mol. The highest BCUT2D eigenvalue weighted by molar-refractivity contribution is 7.19. The topological polar surface area (TPSA) is 58.6 Å². The van der Waals surface area contributed by atoms with Gasteiger partial charge in [-0.2, -0.15) is 0 Å². The van der Waals surface area contributed by atoms with Crippen molar-refractivity contribution in [1.82, 2.24) is 14.9 Å². The number of aromatic nitrogens is 2. The fraction of sp³-hybridized carbons (Fsp3) is 0.708. The number of fused-ring (bicyclic) bond motifs is 3. The van der Waals surface area contributed by atoms with Crippen molar-refractivity contribution in [3.8, 4) is 0 Å². The quantitative estimate of drug-likeness (QED) is 0.661. The Balaban J connectivity index is 1.50. The van der Waals surface area contributed by atoms with E-state index in [1.54, 1.807) is 7.11 Å². The summed E-state index contributed by atoms with van der Waals surface area (Å²) in [5.74, 6) is 2.80. The van der Waals surface area contributed by atoms with E-state index in [9.17, 15) is 4.79 Å². The minimum atomic E-state index is 0.0854. The van der Waals surface area contributed by atoms with E-state index in [0.29, 0.717) is 5.92 Å². The van der Waals surface area contributed by atoms with Crippen molar-refractivity contribution in [3.05, 3.63) is 16.3 Å². The number of hydrogen-bond donors (Lipinski definition) is 0. The van der Waals surface area contributed by atoms with Gasteiger partial charge in [0.05, 0.1) is 5.39 Å². The second-order valence-electron chi connectivity index (χ2n) is 9.29. The summed E-state index contributed by atoms with van der Waals surface area (Å²) in [6.07, 6.45) is 12.6. The summed E-state index contributed by atoms with van der Waals surface area (Å²) in [6.45, 7) is 3.30. The molecule has 0 bridgehead atoms. The summed E-state index contributed by atoms with van der Waals surface area (Å²) in [5, 5.41) is 1.32. The number of amides is 1. The van der Waals surface area contributed by atoms with Gasteiger partial charge in [-0.15, -0.1) is 11.3 Å². The summed E-state index contributed by atoms with van der Waals surface area (Å²) in [6, 6.07) is 0. The fourth-order valence-electron chi connectivity index (χ4n) is 5.49. The zero-order valence-electron chi connectivity index (χ0n) is 18.7. The van der Waals surface area contributed by atoms with Gasteiger partial charge in [0.1, 0.15) is 23.1 Å². The van der Waals surface area contributed by atoms with E-state index in [4.69, 9.17) is 14.7 Å². The van der Waals surface area contributed by atoms with E-state index in [1.807, 2.05) is 16.2 Å². The maximum absolute atomic E-state index is 12.3. The molecule has 0 aromatic carbocycles. The first-order valence-corrected chi connectivity index (χ1v) is 12.9. The predicted molar refractivity (Wildman–Crippen MR) is 125 cm³/mol. The van der Waals surface area contributed by atoms with Gasteiger partial charge in [-0.1, -0.05) is 25.7 Å². The molecule has 2 aromatic heterocycles. The molecule has 2 aliphatic carbocycles. The number of methoxy groups -OCH3 is 1. The van der Waals surface area contributed by atoms with Crippen molar-refractivity contribution < 1.29 is 9.53 Å². The molecule has 3 aliphatic rings. The third kappa shape index (κ3) is 4.31. The Morgan fingerprint density at radius 3 is 2.52 bits per heavy atom. The summed E-state index contributed by atoms with van der Waals surface area (Å²) in [7, 11) is 1.58. The predicted octanol–water partition coefficient (Wildman–Crippen LogP) is 4.30. The zero-order chi connectivity index (χ0) is 21.2. The third-order valence-electron chi connectivity index (χ3n) is 7.23. The number of carbonyl (C=O) groups excluding carboxylic acids is 1. The lowest BCUT2D eigenvalue weighted by molar-refractivity contribution is -0.135. The highest BCUT2D eigenvalue weighted by atomic mass is 32.1. The molecule has 168 valence electrons. The van der Waals surface area contributed by atoms with Gasteiger partial charge < -0.3 is 14.5 Å². The van der Waals surface area contributed by atoms with Crippen LogP contribution in [0.2, 0.25) is 0 Å². The number of hydrogen-bond acceptors (Lipinski definition) is 6. The van der Waals surface area contributed by atoms with Gasteiger partial charge in [-0.25, -0.2) is 9.97 Å². The Bertz CT molecular complexity index is 929. The monoisotopic (exact) mass is 442 g/mol. The summed E-state index contributed by atoms with van der Waals surface area (Å²) in [4.78, 5) is 29.8. The highest BCUT2D eigenvalue weighted by Crippen LogP contribution is 2.41. The van der Waals surface area contributed by atoms with Gasteiger partial charge in [-0.05, 0) is 44.1 Å². The Kier molecular flexibility index (Phi) is 6.41. The van der Waals surface area contributed by atoms with Gasteiger partial charge in [0, 0.05) is 44.1 Å². The van der Waals surface area contributed by atoms with Crippen molar-refractivity contribution in [3.63, 3.8) is 0 Å². The van der Waals surface area contributed by atoms with Crippen molar-refractivity contribution in [1.29, 1.82) is 0 Å². The van der Waals surface area contributed by atoms with Crippen molar-refractivity contribution in [2.24, 2.45) is 0 Å². The molecule has 31 heavy (non-hydrogen) atoms. The van der Waals surface area contributed by atoms with Crippen LogP contribution in [-0.4, -0.2) is 60.7 Å². The molecule has 1 saturated heterocycles. The molecule has 3 heterocycles. The van der Waals surface area contributed by atoms with Crippen LogP contribution in [0.4, 0.5) is 5.82 Å². The van der Waals surface area contributed by atoms with E-state index in [0.717, 1.165) is 44.2 Å². The third-order valence-corrected chi connectivity index (χ3v) is 8.42. The second-order valence-corrected chi connectivity index (χ2v) is 10.4. The molecule has 0 unspecified atom stereocenters. The van der Waals surface area contributed by atoms with Crippen LogP contribution in [0.5, 0.6) is 0 Å². The van der Waals surface area contributed by atoms with Gasteiger partial charge in [0.15, 0.2) is 0 Å². The first kappa shape index (κ1) is 21.1. The minimum Gasteiger partial charge on any atom is -0.375 e. The molecule has 0 spiro atoms. The molecule has 6 nitrogen and oxygen atoms in total. The van der Waals surface area contributed by atoms with Gasteiger partial charge in [-0.3, -0.25) is 4.79 Å². The van der Waals surface area contributed by atoms with E-state index in [2.05, 4.69) is 4.90 Å². The number of aryl methyl sites for hydroxylation is 2. The number of carbonyl (C=O) groups is 1. The van der Waals surface area contributed by atoms with Crippen LogP contribution < -0.4 is 4.90 Å². The maximum Gasteiger partial charge on any atom is 0.248 e. The lowest BCUT2D eigenvalue weighted by Gasteiger charge is -2.36. The standard InChI is InChI=1S/C24H34N4O2S/c1-30-16-20(29)27-12-14-28(15-13-27)23-21-18-10-6-3-7-11-19(18)31-24(21)26-22(25-23)17-8-4-2-5-9-17/h17H,2-16H2,1H3. The summed E-state index contributed by atoms with van der Waals surface area (Å²) in [5.41, 5.74) is 1.51. The zero-order valence-corrected chi connectivity index (χ0v) is 19.5. The molecular weight excluding hydrogens is 408 g/mol. The first-order chi connectivity index (χ1) is 15.2. The number of thiophene rings is 1. The van der Waals surface area contributed by atoms with Crippen LogP contribution in [0.1, 0.15) is 73.5 Å². The van der Waals surface area contributed by atoms with Crippen LogP contribution >= 0.6 is 11.3 Å². The molecule has 1 aliphatic heterocycles. The molecule has 1 amide bonds. The van der Waals surface area contributed by atoms with Crippen molar-refractivity contribution >= 4 is 33.3 Å². The largest absolute Gasteiger partial charge is 0.375 e. The summed E-state index contributed by atoms with van der Waals surface area (Å²) >= 11 is 1.92. The molecule has 1 saturated carbocycles. The fourth-order valence-corrected chi connectivity index (χ4v) is 6.75.